The molecule has 0 bridgehead atoms. The molecule has 39 heavy (non-hydrogen) atoms. The molecular formula is C29H29N3O6S. The van der Waals surface area contributed by atoms with Gasteiger partial charge in [0, 0.05) is 18.0 Å². The van der Waals surface area contributed by atoms with Crippen LogP contribution in [0.15, 0.2) is 77.7 Å². The summed E-state index contributed by atoms with van der Waals surface area (Å²) in [6.07, 6.45) is 0. The van der Waals surface area contributed by atoms with Gasteiger partial charge >= 0.3 is 5.97 Å². The van der Waals surface area contributed by atoms with Crippen LogP contribution in [0.25, 0.3) is 22.2 Å². The van der Waals surface area contributed by atoms with Crippen LogP contribution in [0.2, 0.25) is 0 Å². The molecule has 0 saturated carbocycles. The van der Waals surface area contributed by atoms with Crippen molar-refractivity contribution in [3.05, 3.63) is 89.5 Å². The molecule has 9 nitrogen and oxygen atoms in total. The number of ether oxygens (including phenoxy) is 1. The van der Waals surface area contributed by atoms with Crippen molar-refractivity contribution >= 4 is 38.6 Å². The fourth-order valence-electron chi connectivity index (χ4n) is 4.24. The van der Waals surface area contributed by atoms with Gasteiger partial charge in [-0.25, -0.2) is 13.1 Å². The zero-order valence-electron chi connectivity index (χ0n) is 21.9. The molecule has 0 aliphatic heterocycles. The lowest BCUT2D eigenvalue weighted by atomic mass is 10.0. The summed E-state index contributed by atoms with van der Waals surface area (Å²) in [6.45, 7) is 2.07. The van der Waals surface area contributed by atoms with Crippen LogP contribution in [0.1, 0.15) is 21.5 Å². The van der Waals surface area contributed by atoms with Gasteiger partial charge in [-0.15, -0.1) is 0 Å². The van der Waals surface area contributed by atoms with Gasteiger partial charge in [-0.3, -0.25) is 14.4 Å². The monoisotopic (exact) mass is 547 g/mol. The zero-order valence-corrected chi connectivity index (χ0v) is 22.7. The standard InChI is InChI=1S/C29H29N3O6S/c1-19-13-14-22(15-20(19)2)39(36,37)31-16-26(34)30-17-27(35)38-18-25(33)28-23-11-7-8-12-24(23)32(3)29(28)21-9-5-4-6-10-21/h4-15,31H,16-18H2,1-3H3,(H,30,34). The fourth-order valence-corrected chi connectivity index (χ4v) is 5.30. The number of esters is 1. The minimum absolute atomic E-state index is 0.0413. The van der Waals surface area contributed by atoms with E-state index < -0.39 is 41.6 Å². The molecule has 4 aromatic rings. The van der Waals surface area contributed by atoms with Crippen LogP contribution in [0.3, 0.4) is 0 Å². The zero-order chi connectivity index (χ0) is 28.2. The van der Waals surface area contributed by atoms with Gasteiger partial charge in [0.05, 0.1) is 22.7 Å². The molecule has 0 spiro atoms. The molecule has 1 amide bonds. The Morgan fingerprint density at radius 3 is 2.28 bits per heavy atom. The number of ketones is 1. The molecule has 0 atom stereocenters. The average molecular weight is 548 g/mol. The first-order valence-electron chi connectivity index (χ1n) is 12.2. The van der Waals surface area contributed by atoms with Crippen LogP contribution in [0.5, 0.6) is 0 Å². The highest BCUT2D eigenvalue weighted by Gasteiger charge is 2.23. The average Bonchev–Trinajstić information content (AvgIpc) is 3.23. The Balaban J connectivity index is 1.35. The van der Waals surface area contributed by atoms with Gasteiger partial charge < -0.3 is 14.6 Å². The molecule has 0 saturated heterocycles. The second-order valence-corrected chi connectivity index (χ2v) is 10.9. The molecular weight excluding hydrogens is 518 g/mol. The summed E-state index contributed by atoms with van der Waals surface area (Å²) in [5, 5.41) is 3.05. The lowest BCUT2D eigenvalue weighted by Gasteiger charge is -2.10. The third kappa shape index (κ3) is 6.24. The number of carbonyl (C=O) groups excluding carboxylic acids is 3. The summed E-state index contributed by atoms with van der Waals surface area (Å²) in [7, 11) is -2.03. The smallest absolute Gasteiger partial charge is 0.325 e. The predicted octanol–water partition coefficient (Wildman–Crippen LogP) is 3.28. The van der Waals surface area contributed by atoms with Crippen molar-refractivity contribution in [2.75, 3.05) is 19.7 Å². The maximum Gasteiger partial charge on any atom is 0.325 e. The highest BCUT2D eigenvalue weighted by Crippen LogP contribution is 2.33. The van der Waals surface area contributed by atoms with Crippen molar-refractivity contribution in [3.8, 4) is 11.3 Å². The normalized spacial score (nSPS) is 11.4. The molecule has 0 aliphatic carbocycles. The van der Waals surface area contributed by atoms with E-state index in [4.69, 9.17) is 4.74 Å². The lowest BCUT2D eigenvalue weighted by Crippen LogP contribution is -2.39. The van der Waals surface area contributed by atoms with Crippen LogP contribution in [0.4, 0.5) is 0 Å². The number of nitrogens with zero attached hydrogens (tertiary/aromatic N) is 1. The van der Waals surface area contributed by atoms with Gasteiger partial charge in [-0.2, -0.15) is 0 Å². The van der Waals surface area contributed by atoms with Crippen LogP contribution < -0.4 is 10.0 Å². The molecule has 10 heteroatoms. The topological polar surface area (TPSA) is 124 Å². The first-order chi connectivity index (χ1) is 18.6. The van der Waals surface area contributed by atoms with Crippen molar-refractivity contribution in [2.45, 2.75) is 18.7 Å². The number of aromatic nitrogens is 1. The molecule has 1 aromatic heterocycles. The summed E-state index contributed by atoms with van der Waals surface area (Å²) in [5.41, 5.74) is 4.61. The SMILES string of the molecule is Cc1ccc(S(=O)(=O)NCC(=O)NCC(=O)OCC(=O)c2c(-c3ccccc3)n(C)c3ccccc23)cc1C. The van der Waals surface area contributed by atoms with Crippen LogP contribution in [-0.2, 0) is 31.4 Å². The highest BCUT2D eigenvalue weighted by molar-refractivity contribution is 7.89. The first-order valence-corrected chi connectivity index (χ1v) is 13.7. The number of fused-ring (bicyclic) bond motifs is 1. The quantitative estimate of drug-likeness (QED) is 0.232. The third-order valence-electron chi connectivity index (χ3n) is 6.44. The number of hydrogen-bond acceptors (Lipinski definition) is 6. The maximum absolute atomic E-state index is 13.2. The van der Waals surface area contributed by atoms with Gasteiger partial charge in [-0.1, -0.05) is 54.6 Å². The van der Waals surface area contributed by atoms with Crippen molar-refractivity contribution in [2.24, 2.45) is 7.05 Å². The number of Topliss-reactive ketones (excluding diaryl/α,β-unsaturated/α-hetero) is 1. The number of nitrogens with one attached hydrogen (secondary N) is 2. The molecule has 202 valence electrons. The summed E-state index contributed by atoms with van der Waals surface area (Å²) in [5.74, 6) is -1.92. The first kappa shape index (κ1) is 27.7. The van der Waals surface area contributed by atoms with Gasteiger partial charge in [0.1, 0.15) is 6.54 Å². The van der Waals surface area contributed by atoms with E-state index in [0.717, 1.165) is 27.6 Å². The van der Waals surface area contributed by atoms with Crippen molar-refractivity contribution < 1.29 is 27.5 Å². The van der Waals surface area contributed by atoms with E-state index in [9.17, 15) is 22.8 Å². The van der Waals surface area contributed by atoms with E-state index in [0.29, 0.717) is 11.3 Å². The summed E-state index contributed by atoms with van der Waals surface area (Å²) in [4.78, 5) is 37.7. The van der Waals surface area contributed by atoms with E-state index >= 15 is 0 Å². The summed E-state index contributed by atoms with van der Waals surface area (Å²) < 4.78 is 34.2. The lowest BCUT2D eigenvalue weighted by molar-refractivity contribution is -0.142. The van der Waals surface area contributed by atoms with Gasteiger partial charge in [0.25, 0.3) is 0 Å². The Kier molecular flexibility index (Phi) is 8.27. The highest BCUT2D eigenvalue weighted by atomic mass is 32.2. The second kappa shape index (κ2) is 11.6. The maximum atomic E-state index is 13.2. The fraction of sp³-hybridized carbons (Fsp3) is 0.207. The van der Waals surface area contributed by atoms with Gasteiger partial charge in [-0.05, 0) is 48.7 Å². The minimum Gasteiger partial charge on any atom is -0.456 e. The molecule has 3 aromatic carbocycles. The van der Waals surface area contributed by atoms with E-state index in [2.05, 4.69) is 10.0 Å². The number of amides is 1. The largest absolute Gasteiger partial charge is 0.456 e. The molecule has 0 fully saturated rings. The van der Waals surface area contributed by atoms with Crippen LogP contribution in [0, 0.1) is 13.8 Å². The van der Waals surface area contributed by atoms with Crippen molar-refractivity contribution in [3.63, 3.8) is 0 Å². The molecule has 0 radical (unpaired) electrons. The number of aryl methyl sites for hydroxylation is 3. The van der Waals surface area contributed by atoms with Crippen LogP contribution >= 0.6 is 0 Å². The van der Waals surface area contributed by atoms with Crippen LogP contribution in [-0.4, -0.2) is 50.3 Å². The number of carbonyl (C=O) groups is 3. The minimum atomic E-state index is -3.90. The number of para-hydroxylation sites is 1. The summed E-state index contributed by atoms with van der Waals surface area (Å²) in [6, 6.07) is 21.6. The molecule has 0 aliphatic rings. The van der Waals surface area contributed by atoms with Crippen molar-refractivity contribution in [1.82, 2.24) is 14.6 Å². The van der Waals surface area contributed by atoms with Gasteiger partial charge in [0.15, 0.2) is 6.61 Å². The van der Waals surface area contributed by atoms with E-state index in [1.54, 1.807) is 13.0 Å². The molecule has 1 heterocycles. The Bertz CT molecular complexity index is 1660. The molecule has 4 rings (SSSR count). The van der Waals surface area contributed by atoms with E-state index in [1.807, 2.05) is 73.1 Å². The predicted molar refractivity (Wildman–Crippen MR) is 148 cm³/mol. The molecule has 0 unspecified atom stereocenters. The number of rotatable bonds is 10. The van der Waals surface area contributed by atoms with Gasteiger partial charge in [0.2, 0.25) is 21.7 Å². The van der Waals surface area contributed by atoms with E-state index in [1.165, 1.54) is 12.1 Å². The number of sulfonamides is 1. The summed E-state index contributed by atoms with van der Waals surface area (Å²) >= 11 is 0. The Morgan fingerprint density at radius 1 is 0.872 bits per heavy atom. The number of hydrogen-bond donors (Lipinski definition) is 2. The second-order valence-electron chi connectivity index (χ2n) is 9.10. The number of benzene rings is 3. The Labute approximate surface area is 226 Å². The Hall–Kier alpha value is -4.28. The third-order valence-corrected chi connectivity index (χ3v) is 7.84. The molecule has 2 N–H and O–H groups in total. The van der Waals surface area contributed by atoms with E-state index in [-0.39, 0.29) is 10.7 Å². The van der Waals surface area contributed by atoms with Crippen molar-refractivity contribution in [1.29, 1.82) is 0 Å². The Morgan fingerprint density at radius 2 is 1.56 bits per heavy atom.